The number of benzene rings is 1. The Balaban J connectivity index is 2.20. The van der Waals surface area contributed by atoms with Crippen LogP contribution in [-0.2, 0) is 16.0 Å². The highest BCUT2D eigenvalue weighted by atomic mass is 16.5. The molecule has 0 aliphatic carbocycles. The predicted octanol–water partition coefficient (Wildman–Crippen LogP) is 3.04. The Bertz CT molecular complexity index is 390. The van der Waals surface area contributed by atoms with Gasteiger partial charge in [0.05, 0.1) is 19.2 Å². The molecule has 19 heavy (non-hydrogen) atoms. The van der Waals surface area contributed by atoms with Crippen LogP contribution in [0.25, 0.3) is 0 Å². The molecule has 104 valence electrons. The van der Waals surface area contributed by atoms with Gasteiger partial charge in [0, 0.05) is 0 Å². The third-order valence-electron chi connectivity index (χ3n) is 3.07. The lowest BCUT2D eigenvalue weighted by Gasteiger charge is -2.08. The molecule has 1 rings (SSSR count). The van der Waals surface area contributed by atoms with Crippen molar-refractivity contribution in [1.82, 2.24) is 0 Å². The minimum atomic E-state index is -0.438. The molecular formula is C15H21NO3. The zero-order chi connectivity index (χ0) is 13.9. The van der Waals surface area contributed by atoms with Gasteiger partial charge in [0.2, 0.25) is 0 Å². The number of carbonyl (C=O) groups is 1. The topological polar surface area (TPSA) is 58.9 Å². The molecule has 0 heterocycles. The Labute approximate surface area is 114 Å². The molecule has 4 nitrogen and oxygen atoms in total. The van der Waals surface area contributed by atoms with Crippen LogP contribution in [0.5, 0.6) is 0 Å². The Morgan fingerprint density at radius 1 is 1.32 bits per heavy atom. The molecule has 1 aromatic carbocycles. The van der Waals surface area contributed by atoms with Gasteiger partial charge >= 0.3 is 5.97 Å². The molecule has 0 spiro atoms. The van der Waals surface area contributed by atoms with E-state index in [1.807, 2.05) is 18.2 Å². The zero-order valence-electron chi connectivity index (χ0n) is 11.3. The number of ether oxygens (including phenoxy) is 1. The summed E-state index contributed by atoms with van der Waals surface area (Å²) in [7, 11) is 1.34. The summed E-state index contributed by atoms with van der Waals surface area (Å²) < 4.78 is 4.65. The second-order valence-corrected chi connectivity index (χ2v) is 4.48. The van der Waals surface area contributed by atoms with E-state index >= 15 is 0 Å². The average Bonchev–Trinajstić information content (AvgIpc) is 2.46. The number of methoxy groups -OCH3 is 1. The van der Waals surface area contributed by atoms with Gasteiger partial charge in [0.1, 0.15) is 0 Å². The summed E-state index contributed by atoms with van der Waals surface area (Å²) in [4.78, 5) is 11.4. The quantitative estimate of drug-likeness (QED) is 0.258. The number of unbranched alkanes of at least 4 members (excludes halogenated alkanes) is 2. The summed E-state index contributed by atoms with van der Waals surface area (Å²) in [5, 5.41) is 11.4. The van der Waals surface area contributed by atoms with Gasteiger partial charge in [-0.3, -0.25) is 4.79 Å². The highest BCUT2D eigenvalue weighted by Crippen LogP contribution is 2.12. The predicted molar refractivity (Wildman–Crippen MR) is 74.4 cm³/mol. The Morgan fingerprint density at radius 2 is 2.05 bits per heavy atom. The van der Waals surface area contributed by atoms with E-state index in [2.05, 4.69) is 22.0 Å². The number of hydrogen-bond donors (Lipinski definition) is 1. The molecule has 0 amide bonds. The molecule has 4 heteroatoms. The Kier molecular flexibility index (Phi) is 7.32. The second-order valence-electron chi connectivity index (χ2n) is 4.48. The molecule has 0 bridgehead atoms. The number of rotatable bonds is 8. The molecule has 1 aromatic rings. The van der Waals surface area contributed by atoms with Crippen molar-refractivity contribution < 1.29 is 14.7 Å². The van der Waals surface area contributed by atoms with Gasteiger partial charge in [0.25, 0.3) is 0 Å². The molecule has 0 saturated carbocycles. The van der Waals surface area contributed by atoms with Crippen LogP contribution in [0, 0.1) is 5.92 Å². The van der Waals surface area contributed by atoms with Crippen molar-refractivity contribution in [3.05, 3.63) is 35.9 Å². The van der Waals surface area contributed by atoms with Gasteiger partial charge in [-0.1, -0.05) is 43.2 Å². The zero-order valence-corrected chi connectivity index (χ0v) is 11.3. The van der Waals surface area contributed by atoms with Gasteiger partial charge in [-0.25, -0.2) is 0 Å². The van der Waals surface area contributed by atoms with E-state index < -0.39 is 5.92 Å². The average molecular weight is 263 g/mol. The first-order valence-corrected chi connectivity index (χ1v) is 6.57. The first-order valence-electron chi connectivity index (χ1n) is 6.57. The number of oxime groups is 1. The van der Waals surface area contributed by atoms with E-state index in [0.717, 1.165) is 25.7 Å². The largest absolute Gasteiger partial charge is 0.469 e. The van der Waals surface area contributed by atoms with Crippen LogP contribution in [0.3, 0.4) is 0 Å². The van der Waals surface area contributed by atoms with Crippen molar-refractivity contribution in [3.8, 4) is 0 Å². The Hall–Kier alpha value is -1.84. The van der Waals surface area contributed by atoms with E-state index in [1.165, 1.54) is 18.9 Å². The third-order valence-corrected chi connectivity index (χ3v) is 3.07. The first-order chi connectivity index (χ1) is 9.27. The van der Waals surface area contributed by atoms with Crippen molar-refractivity contribution in [2.24, 2.45) is 11.1 Å². The van der Waals surface area contributed by atoms with Crippen LogP contribution >= 0.6 is 0 Å². The van der Waals surface area contributed by atoms with Crippen LogP contribution in [0.2, 0.25) is 0 Å². The fraction of sp³-hybridized carbons (Fsp3) is 0.467. The number of aryl methyl sites for hydroxylation is 1. The van der Waals surface area contributed by atoms with Gasteiger partial charge in [-0.15, -0.1) is 5.16 Å². The fourth-order valence-corrected chi connectivity index (χ4v) is 2.00. The van der Waals surface area contributed by atoms with E-state index in [0.29, 0.717) is 6.42 Å². The molecular weight excluding hydrogens is 242 g/mol. The van der Waals surface area contributed by atoms with Gasteiger partial charge in [-0.05, 0) is 24.8 Å². The minimum absolute atomic E-state index is 0.346. The van der Waals surface area contributed by atoms with Gasteiger partial charge < -0.3 is 9.94 Å². The van der Waals surface area contributed by atoms with E-state index in [9.17, 15) is 4.79 Å². The molecule has 0 fully saturated rings. The lowest BCUT2D eigenvalue weighted by Crippen LogP contribution is -2.17. The summed E-state index contributed by atoms with van der Waals surface area (Å²) in [5.41, 5.74) is 1.34. The lowest BCUT2D eigenvalue weighted by atomic mass is 10.0. The number of esters is 1. The van der Waals surface area contributed by atoms with Crippen LogP contribution in [0.1, 0.15) is 31.2 Å². The number of carbonyl (C=O) groups excluding carboxylic acids is 1. The summed E-state index contributed by atoms with van der Waals surface area (Å²) in [6.45, 7) is 0. The fourth-order valence-electron chi connectivity index (χ4n) is 2.00. The van der Waals surface area contributed by atoms with Crippen molar-refractivity contribution in [3.63, 3.8) is 0 Å². The standard InChI is InChI=1S/C15H21NO3/c1-19-15(17)14(12-16-18)11-7-3-6-10-13-8-4-2-5-9-13/h2,4-5,8-9,12,14,18H,3,6-7,10-11H2,1H3/b16-12-. The SMILES string of the molecule is COC(=O)C(/C=N\O)CCCCCc1ccccc1. The van der Waals surface area contributed by atoms with Crippen LogP contribution in [-0.4, -0.2) is 24.5 Å². The van der Waals surface area contributed by atoms with Crippen LogP contribution < -0.4 is 0 Å². The molecule has 0 aliphatic heterocycles. The second kappa shape index (κ2) is 9.14. The summed E-state index contributed by atoms with van der Waals surface area (Å²) in [5.74, 6) is -0.785. The maximum Gasteiger partial charge on any atom is 0.314 e. The lowest BCUT2D eigenvalue weighted by molar-refractivity contribution is -0.143. The smallest absolute Gasteiger partial charge is 0.314 e. The molecule has 1 unspecified atom stereocenters. The van der Waals surface area contributed by atoms with E-state index in [4.69, 9.17) is 5.21 Å². The maximum atomic E-state index is 11.4. The monoisotopic (exact) mass is 263 g/mol. The normalized spacial score (nSPS) is 12.5. The van der Waals surface area contributed by atoms with Crippen molar-refractivity contribution in [2.75, 3.05) is 7.11 Å². The van der Waals surface area contributed by atoms with E-state index in [1.54, 1.807) is 0 Å². The van der Waals surface area contributed by atoms with E-state index in [-0.39, 0.29) is 5.97 Å². The summed E-state index contributed by atoms with van der Waals surface area (Å²) >= 11 is 0. The summed E-state index contributed by atoms with van der Waals surface area (Å²) in [6, 6.07) is 10.3. The van der Waals surface area contributed by atoms with Gasteiger partial charge in [-0.2, -0.15) is 0 Å². The highest BCUT2D eigenvalue weighted by Gasteiger charge is 2.16. The van der Waals surface area contributed by atoms with Crippen LogP contribution in [0.15, 0.2) is 35.5 Å². The summed E-state index contributed by atoms with van der Waals surface area (Å²) in [6.07, 6.45) is 6.00. The first kappa shape index (κ1) is 15.2. The van der Waals surface area contributed by atoms with Crippen molar-refractivity contribution in [1.29, 1.82) is 0 Å². The molecule has 0 aliphatic rings. The molecule has 0 aromatic heterocycles. The number of nitrogens with zero attached hydrogens (tertiary/aromatic N) is 1. The third kappa shape index (κ3) is 6.04. The van der Waals surface area contributed by atoms with Crippen molar-refractivity contribution >= 4 is 12.2 Å². The van der Waals surface area contributed by atoms with Crippen LogP contribution in [0.4, 0.5) is 0 Å². The van der Waals surface area contributed by atoms with Gasteiger partial charge in [0.15, 0.2) is 0 Å². The molecule has 0 saturated heterocycles. The maximum absolute atomic E-state index is 11.4. The van der Waals surface area contributed by atoms with Crippen molar-refractivity contribution in [2.45, 2.75) is 32.1 Å². The minimum Gasteiger partial charge on any atom is -0.469 e. The number of hydrogen-bond acceptors (Lipinski definition) is 4. The highest BCUT2D eigenvalue weighted by molar-refractivity contribution is 5.89. The Morgan fingerprint density at radius 3 is 2.68 bits per heavy atom. The molecule has 1 atom stereocenters. The molecule has 1 N–H and O–H groups in total. The molecule has 0 radical (unpaired) electrons.